The third kappa shape index (κ3) is 4.00. The zero-order valence-electron chi connectivity index (χ0n) is 11.0. The quantitative estimate of drug-likeness (QED) is 0.602. The van der Waals surface area contributed by atoms with Crippen LogP contribution in [0.1, 0.15) is 0 Å². The summed E-state index contributed by atoms with van der Waals surface area (Å²) in [5.74, 6) is 1.19. The fraction of sp³-hybridized carbons (Fsp3) is 0.200. The molecule has 0 heterocycles. The Morgan fingerprint density at radius 2 is 1.90 bits per heavy atom. The predicted octanol–water partition coefficient (Wildman–Crippen LogP) is 3.93. The average Bonchev–Trinajstić information content (AvgIpc) is 2.46. The molecule has 2 aromatic carbocycles. The molecule has 2 rings (SSSR count). The number of hydrogen-bond donors (Lipinski definition) is 1. The summed E-state index contributed by atoms with van der Waals surface area (Å²) in [7, 11) is 1.61. The fourth-order valence-electron chi connectivity index (χ4n) is 1.72. The number of ether oxygens (including phenoxy) is 2. The molecule has 0 saturated carbocycles. The van der Waals surface area contributed by atoms with E-state index in [0.29, 0.717) is 24.7 Å². The molecule has 0 atom stereocenters. The van der Waals surface area contributed by atoms with Crippen molar-refractivity contribution in [3.05, 3.63) is 51.9 Å². The van der Waals surface area contributed by atoms with E-state index in [-0.39, 0.29) is 5.82 Å². The molecular formula is C15H15FINO2. The van der Waals surface area contributed by atoms with Crippen molar-refractivity contribution in [1.82, 2.24) is 0 Å². The van der Waals surface area contributed by atoms with Crippen molar-refractivity contribution in [1.29, 1.82) is 0 Å². The van der Waals surface area contributed by atoms with Gasteiger partial charge in [0, 0.05) is 15.8 Å². The molecule has 5 heteroatoms. The summed E-state index contributed by atoms with van der Waals surface area (Å²) in [6, 6.07) is 12.2. The van der Waals surface area contributed by atoms with Gasteiger partial charge in [-0.1, -0.05) is 12.1 Å². The van der Waals surface area contributed by atoms with E-state index in [1.807, 2.05) is 24.3 Å². The summed E-state index contributed by atoms with van der Waals surface area (Å²) in [6.45, 7) is 1.12. The molecule has 0 aliphatic heterocycles. The maximum atomic E-state index is 13.0. The largest absolute Gasteiger partial charge is 0.493 e. The lowest BCUT2D eigenvalue weighted by Crippen LogP contribution is -2.12. The van der Waals surface area contributed by atoms with Gasteiger partial charge in [0.25, 0.3) is 0 Å². The molecule has 1 N–H and O–H groups in total. The highest BCUT2D eigenvalue weighted by atomic mass is 127. The number of rotatable bonds is 6. The molecule has 2 aromatic rings. The van der Waals surface area contributed by atoms with Crippen molar-refractivity contribution in [3.8, 4) is 11.5 Å². The maximum Gasteiger partial charge on any atom is 0.161 e. The van der Waals surface area contributed by atoms with Gasteiger partial charge in [0.15, 0.2) is 11.5 Å². The molecule has 0 amide bonds. The number of hydrogen-bond acceptors (Lipinski definition) is 3. The van der Waals surface area contributed by atoms with Crippen LogP contribution in [-0.4, -0.2) is 20.3 Å². The number of methoxy groups -OCH3 is 1. The normalized spacial score (nSPS) is 10.2. The molecule has 0 radical (unpaired) electrons. The van der Waals surface area contributed by atoms with Gasteiger partial charge in [-0.05, 0) is 52.9 Å². The minimum Gasteiger partial charge on any atom is -0.493 e. The van der Waals surface area contributed by atoms with E-state index in [1.165, 1.54) is 12.1 Å². The second kappa shape index (κ2) is 7.33. The molecular weight excluding hydrogens is 372 g/mol. The number of nitrogens with one attached hydrogen (secondary N) is 1. The van der Waals surface area contributed by atoms with Crippen LogP contribution in [0, 0.1) is 9.39 Å². The second-order valence-electron chi connectivity index (χ2n) is 4.05. The predicted molar refractivity (Wildman–Crippen MR) is 86.1 cm³/mol. The van der Waals surface area contributed by atoms with Crippen LogP contribution < -0.4 is 14.8 Å². The first kappa shape index (κ1) is 14.9. The van der Waals surface area contributed by atoms with Crippen LogP contribution in [0.2, 0.25) is 0 Å². The summed E-state index contributed by atoms with van der Waals surface area (Å²) in [5.41, 5.74) is 0.899. The van der Waals surface area contributed by atoms with Crippen LogP contribution in [-0.2, 0) is 0 Å². The lowest BCUT2D eigenvalue weighted by atomic mass is 10.3. The number of para-hydroxylation sites is 2. The van der Waals surface area contributed by atoms with Crippen molar-refractivity contribution in [2.45, 2.75) is 0 Å². The van der Waals surface area contributed by atoms with Crippen LogP contribution in [0.3, 0.4) is 0 Å². The highest BCUT2D eigenvalue weighted by molar-refractivity contribution is 14.1. The lowest BCUT2D eigenvalue weighted by Gasteiger charge is -2.12. The molecule has 0 aliphatic rings. The van der Waals surface area contributed by atoms with Crippen molar-refractivity contribution in [2.24, 2.45) is 0 Å². The van der Waals surface area contributed by atoms with Crippen LogP contribution >= 0.6 is 22.6 Å². The molecule has 0 saturated heterocycles. The van der Waals surface area contributed by atoms with Crippen molar-refractivity contribution >= 4 is 28.3 Å². The summed E-state index contributed by atoms with van der Waals surface area (Å²) >= 11 is 2.10. The Balaban J connectivity index is 1.84. The monoisotopic (exact) mass is 387 g/mol. The lowest BCUT2D eigenvalue weighted by molar-refractivity contribution is 0.306. The molecule has 0 fully saturated rings. The van der Waals surface area contributed by atoms with Gasteiger partial charge in [0.2, 0.25) is 0 Å². The Kier molecular flexibility index (Phi) is 5.46. The number of halogens is 2. The number of benzene rings is 2. The van der Waals surface area contributed by atoms with Gasteiger partial charge in [0.1, 0.15) is 12.4 Å². The van der Waals surface area contributed by atoms with Gasteiger partial charge in [-0.15, -0.1) is 0 Å². The highest BCUT2D eigenvalue weighted by Gasteiger charge is 2.03. The van der Waals surface area contributed by atoms with Crippen molar-refractivity contribution in [3.63, 3.8) is 0 Å². The van der Waals surface area contributed by atoms with E-state index in [2.05, 4.69) is 27.9 Å². The standard InChI is InChI=1S/C15H15FINO2/c1-19-14-4-2-3-5-15(14)20-9-8-18-13-7-6-11(16)10-12(13)17/h2-7,10,18H,8-9H2,1H3. The molecule has 20 heavy (non-hydrogen) atoms. The average molecular weight is 387 g/mol. The zero-order valence-corrected chi connectivity index (χ0v) is 13.2. The van der Waals surface area contributed by atoms with Gasteiger partial charge < -0.3 is 14.8 Å². The Morgan fingerprint density at radius 1 is 1.15 bits per heavy atom. The summed E-state index contributed by atoms with van der Waals surface area (Å²) < 4.78 is 24.7. The van der Waals surface area contributed by atoms with Gasteiger partial charge in [0.05, 0.1) is 7.11 Å². The van der Waals surface area contributed by atoms with E-state index in [4.69, 9.17) is 9.47 Å². The Bertz CT molecular complexity index is 578. The fourth-order valence-corrected chi connectivity index (χ4v) is 2.39. The van der Waals surface area contributed by atoms with Crippen LogP contribution in [0.4, 0.5) is 10.1 Å². The first-order valence-corrected chi connectivity index (χ1v) is 7.23. The van der Waals surface area contributed by atoms with Crippen molar-refractivity contribution in [2.75, 3.05) is 25.6 Å². The van der Waals surface area contributed by atoms with Gasteiger partial charge >= 0.3 is 0 Å². The minimum atomic E-state index is -0.231. The maximum absolute atomic E-state index is 13.0. The van der Waals surface area contributed by atoms with Crippen LogP contribution in [0.25, 0.3) is 0 Å². The Labute approximate surface area is 131 Å². The molecule has 0 spiro atoms. The molecule has 0 aromatic heterocycles. The zero-order chi connectivity index (χ0) is 14.4. The smallest absolute Gasteiger partial charge is 0.161 e. The Hall–Kier alpha value is -1.50. The summed E-state index contributed by atoms with van der Waals surface area (Å²) in [6.07, 6.45) is 0. The van der Waals surface area contributed by atoms with Crippen molar-refractivity contribution < 1.29 is 13.9 Å². The Morgan fingerprint density at radius 3 is 2.60 bits per heavy atom. The minimum absolute atomic E-state index is 0.231. The van der Waals surface area contributed by atoms with Gasteiger partial charge in [-0.2, -0.15) is 0 Å². The SMILES string of the molecule is COc1ccccc1OCCNc1ccc(F)cc1I. The third-order valence-electron chi connectivity index (χ3n) is 2.68. The van der Waals surface area contributed by atoms with Gasteiger partial charge in [-0.3, -0.25) is 0 Å². The molecule has 0 bridgehead atoms. The summed E-state index contributed by atoms with van der Waals surface area (Å²) in [5, 5.41) is 3.21. The van der Waals surface area contributed by atoms with E-state index in [9.17, 15) is 4.39 Å². The topological polar surface area (TPSA) is 30.5 Å². The van der Waals surface area contributed by atoms with Gasteiger partial charge in [-0.25, -0.2) is 4.39 Å². The number of anilines is 1. The van der Waals surface area contributed by atoms with Crippen LogP contribution in [0.5, 0.6) is 11.5 Å². The van der Waals surface area contributed by atoms with E-state index < -0.39 is 0 Å². The molecule has 0 unspecified atom stereocenters. The summed E-state index contributed by atoms with van der Waals surface area (Å²) in [4.78, 5) is 0. The van der Waals surface area contributed by atoms with E-state index in [0.717, 1.165) is 9.26 Å². The first-order valence-electron chi connectivity index (χ1n) is 6.15. The third-order valence-corrected chi connectivity index (χ3v) is 3.57. The molecule has 0 aliphatic carbocycles. The van der Waals surface area contributed by atoms with Crippen LogP contribution in [0.15, 0.2) is 42.5 Å². The van der Waals surface area contributed by atoms with E-state index >= 15 is 0 Å². The molecule has 106 valence electrons. The highest BCUT2D eigenvalue weighted by Crippen LogP contribution is 2.25. The van der Waals surface area contributed by atoms with E-state index in [1.54, 1.807) is 13.2 Å². The molecule has 3 nitrogen and oxygen atoms in total. The second-order valence-corrected chi connectivity index (χ2v) is 5.21. The first-order chi connectivity index (χ1) is 9.70.